The highest BCUT2D eigenvalue weighted by Gasteiger charge is 2.16. The summed E-state index contributed by atoms with van der Waals surface area (Å²) in [5.74, 6) is 0. The summed E-state index contributed by atoms with van der Waals surface area (Å²) in [7, 11) is 0. The van der Waals surface area contributed by atoms with E-state index >= 15 is 0 Å². The third-order valence-corrected chi connectivity index (χ3v) is 5.43. The summed E-state index contributed by atoms with van der Waals surface area (Å²) in [5, 5.41) is 14.9. The zero-order valence-electron chi connectivity index (χ0n) is 12.2. The molecule has 1 aliphatic heterocycles. The number of halogens is 2. The van der Waals surface area contributed by atoms with Crippen molar-refractivity contribution >= 4 is 45.4 Å². The first-order valence-electron chi connectivity index (χ1n) is 7.17. The van der Waals surface area contributed by atoms with Crippen molar-refractivity contribution in [2.24, 2.45) is 0 Å². The fourth-order valence-corrected chi connectivity index (χ4v) is 4.29. The Hall–Kier alpha value is -0.590. The lowest BCUT2D eigenvalue weighted by Gasteiger charge is -2.22. The fraction of sp³-hybridized carbons (Fsp3) is 0.375. The molecule has 1 aromatic carbocycles. The van der Waals surface area contributed by atoms with E-state index in [4.69, 9.17) is 0 Å². The predicted molar refractivity (Wildman–Crippen MR) is 99.1 cm³/mol. The summed E-state index contributed by atoms with van der Waals surface area (Å²) in [4.78, 5) is 3.62. The lowest BCUT2D eigenvalue weighted by molar-refractivity contribution is 0.185. The van der Waals surface area contributed by atoms with E-state index in [-0.39, 0.29) is 19.0 Å². The van der Waals surface area contributed by atoms with Crippen molar-refractivity contribution in [3.05, 3.63) is 50.1 Å². The molecule has 0 saturated carbocycles. The number of nitrogens with one attached hydrogen (secondary N) is 1. The largest absolute Gasteiger partial charge is 0.395 e. The molecular formula is C16H20BrClN2OS. The number of fused-ring (bicyclic) bond motifs is 1. The molecule has 2 aromatic rings. The van der Waals surface area contributed by atoms with Gasteiger partial charge >= 0.3 is 0 Å². The van der Waals surface area contributed by atoms with Gasteiger partial charge in [0, 0.05) is 46.6 Å². The average Bonchev–Trinajstić information content (AvgIpc) is 3.08. The Bertz CT molecular complexity index is 620. The summed E-state index contributed by atoms with van der Waals surface area (Å²) >= 11 is 5.25. The molecule has 0 unspecified atom stereocenters. The predicted octanol–water partition coefficient (Wildman–Crippen LogP) is 3.89. The van der Waals surface area contributed by atoms with Crippen molar-refractivity contribution in [1.29, 1.82) is 0 Å². The Morgan fingerprint density at radius 2 is 2.18 bits per heavy atom. The van der Waals surface area contributed by atoms with Crippen molar-refractivity contribution in [2.45, 2.75) is 19.5 Å². The number of benzene rings is 1. The number of anilines is 1. The highest BCUT2D eigenvalue weighted by molar-refractivity contribution is 9.10. The van der Waals surface area contributed by atoms with Gasteiger partial charge in [0.15, 0.2) is 0 Å². The standard InChI is InChI=1S/C16H19BrN2OS.ClH/c17-14-8-15(21-11-14)10-19(6-7-20)9-13-3-1-2-12-4-5-18-16(12)13;/h1-3,8,11,18,20H,4-7,9-10H2;1H. The number of hydrogen-bond acceptors (Lipinski definition) is 4. The lowest BCUT2D eigenvalue weighted by Crippen LogP contribution is -2.26. The molecule has 0 radical (unpaired) electrons. The van der Waals surface area contributed by atoms with E-state index in [1.807, 2.05) is 0 Å². The topological polar surface area (TPSA) is 35.5 Å². The third-order valence-electron chi connectivity index (χ3n) is 3.74. The van der Waals surface area contributed by atoms with Crippen LogP contribution in [0.3, 0.4) is 0 Å². The van der Waals surface area contributed by atoms with Crippen molar-refractivity contribution < 1.29 is 5.11 Å². The minimum atomic E-state index is 0. The van der Waals surface area contributed by atoms with Crippen molar-refractivity contribution in [1.82, 2.24) is 4.90 Å². The van der Waals surface area contributed by atoms with E-state index in [1.54, 1.807) is 11.3 Å². The van der Waals surface area contributed by atoms with Crippen molar-refractivity contribution in [3.63, 3.8) is 0 Å². The summed E-state index contributed by atoms with van der Waals surface area (Å²) in [6.07, 6.45) is 1.11. The molecule has 2 N–H and O–H groups in total. The number of nitrogens with zero attached hydrogens (tertiary/aromatic N) is 1. The van der Waals surface area contributed by atoms with Gasteiger partial charge in [-0.3, -0.25) is 4.90 Å². The Kier molecular flexibility index (Phi) is 6.71. The average molecular weight is 404 g/mol. The fourth-order valence-electron chi connectivity index (χ4n) is 2.80. The minimum Gasteiger partial charge on any atom is -0.395 e. The number of hydrogen-bond donors (Lipinski definition) is 2. The normalized spacial score (nSPS) is 12.9. The van der Waals surface area contributed by atoms with Crippen LogP contribution in [-0.4, -0.2) is 29.7 Å². The molecule has 0 saturated heterocycles. The zero-order chi connectivity index (χ0) is 14.7. The van der Waals surface area contributed by atoms with E-state index in [0.29, 0.717) is 6.54 Å². The second kappa shape index (κ2) is 8.31. The molecule has 0 aliphatic carbocycles. The van der Waals surface area contributed by atoms with Gasteiger partial charge < -0.3 is 10.4 Å². The van der Waals surface area contributed by atoms with Crippen LogP contribution in [0.5, 0.6) is 0 Å². The van der Waals surface area contributed by atoms with Gasteiger partial charge in [0.2, 0.25) is 0 Å². The van der Waals surface area contributed by atoms with Crippen LogP contribution in [0.4, 0.5) is 5.69 Å². The molecule has 3 nitrogen and oxygen atoms in total. The molecule has 0 spiro atoms. The van der Waals surface area contributed by atoms with E-state index in [9.17, 15) is 5.11 Å². The molecule has 22 heavy (non-hydrogen) atoms. The molecule has 0 fully saturated rings. The number of para-hydroxylation sites is 1. The van der Waals surface area contributed by atoms with Crippen molar-refractivity contribution in [2.75, 3.05) is 25.0 Å². The third kappa shape index (κ3) is 4.24. The first-order chi connectivity index (χ1) is 10.3. The molecule has 1 aromatic heterocycles. The lowest BCUT2D eigenvalue weighted by atomic mass is 10.1. The quantitative estimate of drug-likeness (QED) is 0.768. The van der Waals surface area contributed by atoms with E-state index < -0.39 is 0 Å². The van der Waals surface area contributed by atoms with Gasteiger partial charge in [0.05, 0.1) is 6.61 Å². The van der Waals surface area contributed by atoms with Gasteiger partial charge in [0.25, 0.3) is 0 Å². The molecule has 3 rings (SSSR count). The Balaban J connectivity index is 0.00000176. The van der Waals surface area contributed by atoms with E-state index in [2.05, 4.69) is 55.8 Å². The van der Waals surface area contributed by atoms with Gasteiger partial charge in [-0.2, -0.15) is 0 Å². The maximum Gasteiger partial charge on any atom is 0.0558 e. The molecule has 1 aliphatic rings. The first-order valence-corrected chi connectivity index (χ1v) is 8.84. The summed E-state index contributed by atoms with van der Waals surface area (Å²) < 4.78 is 1.13. The number of rotatable bonds is 6. The smallest absolute Gasteiger partial charge is 0.0558 e. The van der Waals surface area contributed by atoms with E-state index in [0.717, 1.165) is 30.5 Å². The Morgan fingerprint density at radius 1 is 1.32 bits per heavy atom. The SMILES string of the molecule is Cl.OCCN(Cc1cc(Br)cs1)Cc1cccc2c1NCC2. The summed E-state index contributed by atoms with van der Waals surface area (Å²) in [6.45, 7) is 3.66. The van der Waals surface area contributed by atoms with Gasteiger partial charge in [-0.25, -0.2) is 0 Å². The van der Waals surface area contributed by atoms with Crippen LogP contribution in [0.15, 0.2) is 34.1 Å². The van der Waals surface area contributed by atoms with Crippen LogP contribution in [-0.2, 0) is 19.5 Å². The van der Waals surface area contributed by atoms with Gasteiger partial charge in [-0.15, -0.1) is 23.7 Å². The molecule has 0 bridgehead atoms. The van der Waals surface area contributed by atoms with E-state index in [1.165, 1.54) is 21.7 Å². The zero-order valence-corrected chi connectivity index (χ0v) is 15.4. The number of aliphatic hydroxyl groups excluding tert-OH is 1. The van der Waals surface area contributed by atoms with Crippen LogP contribution in [0, 0.1) is 0 Å². The highest BCUT2D eigenvalue weighted by atomic mass is 79.9. The molecule has 2 heterocycles. The van der Waals surface area contributed by atoms with Gasteiger partial charge in [-0.1, -0.05) is 18.2 Å². The first kappa shape index (κ1) is 17.8. The van der Waals surface area contributed by atoms with Crippen LogP contribution < -0.4 is 5.32 Å². The van der Waals surface area contributed by atoms with Crippen LogP contribution >= 0.6 is 39.7 Å². The molecule has 120 valence electrons. The highest BCUT2D eigenvalue weighted by Crippen LogP contribution is 2.28. The Morgan fingerprint density at radius 3 is 2.91 bits per heavy atom. The number of aliphatic hydroxyl groups is 1. The summed E-state index contributed by atoms with van der Waals surface area (Å²) in [5.41, 5.74) is 4.04. The Labute approximate surface area is 149 Å². The van der Waals surface area contributed by atoms with Crippen LogP contribution in [0.25, 0.3) is 0 Å². The second-order valence-corrected chi connectivity index (χ2v) is 7.20. The monoisotopic (exact) mass is 402 g/mol. The molecule has 0 amide bonds. The molecular weight excluding hydrogens is 384 g/mol. The minimum absolute atomic E-state index is 0. The van der Waals surface area contributed by atoms with Crippen LogP contribution in [0.1, 0.15) is 16.0 Å². The summed E-state index contributed by atoms with van der Waals surface area (Å²) in [6, 6.07) is 8.68. The van der Waals surface area contributed by atoms with Crippen LogP contribution in [0.2, 0.25) is 0 Å². The number of thiophene rings is 1. The molecule has 0 atom stereocenters. The maximum absolute atomic E-state index is 9.33. The molecule has 6 heteroatoms. The van der Waals surface area contributed by atoms with Crippen molar-refractivity contribution in [3.8, 4) is 0 Å². The second-order valence-electron chi connectivity index (χ2n) is 5.29. The van der Waals surface area contributed by atoms with Gasteiger partial charge in [-0.05, 0) is 39.5 Å². The maximum atomic E-state index is 9.33. The van der Waals surface area contributed by atoms with Gasteiger partial charge in [0.1, 0.15) is 0 Å².